The van der Waals surface area contributed by atoms with Gasteiger partial charge in [0.25, 0.3) is 0 Å². The molecule has 0 saturated carbocycles. The number of unbranched alkanes of at least 4 members (excludes halogenated alkanes) is 24. The average Bonchev–Trinajstić information content (AvgIpc) is 3.30. The second-order valence-electron chi connectivity index (χ2n) is 17.7. The molecular weight excluding hydrogens is 789 g/mol. The van der Waals surface area contributed by atoms with Gasteiger partial charge in [0.15, 0.2) is 6.10 Å². The first-order chi connectivity index (χ1) is 31.6. The fourth-order valence-corrected chi connectivity index (χ4v) is 7.34. The highest BCUT2D eigenvalue weighted by molar-refractivity contribution is 5.70. The van der Waals surface area contributed by atoms with Crippen LogP contribution in [0.25, 0.3) is 0 Å². The van der Waals surface area contributed by atoms with Gasteiger partial charge in [0, 0.05) is 19.4 Å². The molecule has 368 valence electrons. The van der Waals surface area contributed by atoms with Crippen molar-refractivity contribution in [2.45, 2.75) is 258 Å². The van der Waals surface area contributed by atoms with E-state index in [2.05, 4.69) is 106 Å². The van der Waals surface area contributed by atoms with Crippen molar-refractivity contribution in [2.75, 3.05) is 19.8 Å². The lowest BCUT2D eigenvalue weighted by atomic mass is 10.1. The van der Waals surface area contributed by atoms with Crippen molar-refractivity contribution in [3.8, 4) is 0 Å². The molecule has 0 aliphatic heterocycles. The van der Waals surface area contributed by atoms with E-state index in [1.165, 1.54) is 128 Å². The summed E-state index contributed by atoms with van der Waals surface area (Å²) < 4.78 is 17.4. The molecule has 5 heteroatoms. The van der Waals surface area contributed by atoms with Crippen LogP contribution in [0.2, 0.25) is 0 Å². The first-order valence-electron chi connectivity index (χ1n) is 27.1. The van der Waals surface area contributed by atoms with Crippen LogP contribution in [-0.4, -0.2) is 37.9 Å². The zero-order valence-electron chi connectivity index (χ0n) is 42.3. The van der Waals surface area contributed by atoms with E-state index in [1.54, 1.807) is 0 Å². The number of hydrogen-bond donors (Lipinski definition) is 0. The van der Waals surface area contributed by atoms with E-state index < -0.39 is 6.10 Å². The molecular formula is C59H102O5. The molecule has 0 radical (unpaired) electrons. The van der Waals surface area contributed by atoms with E-state index in [1.807, 2.05) is 0 Å². The maximum absolute atomic E-state index is 12.8. The number of allylic oxidation sites excluding steroid dienone is 14. The third-order valence-corrected chi connectivity index (χ3v) is 11.4. The summed E-state index contributed by atoms with van der Waals surface area (Å²) in [6.45, 7) is 7.62. The summed E-state index contributed by atoms with van der Waals surface area (Å²) >= 11 is 0. The fraction of sp³-hybridized carbons (Fsp3) is 0.729. The first kappa shape index (κ1) is 61.1. The van der Waals surface area contributed by atoms with Gasteiger partial charge in [-0.15, -0.1) is 0 Å². The van der Waals surface area contributed by atoms with Gasteiger partial charge in [-0.25, -0.2) is 0 Å². The topological polar surface area (TPSA) is 61.8 Å². The Morgan fingerprint density at radius 1 is 0.359 bits per heavy atom. The highest BCUT2D eigenvalue weighted by atomic mass is 16.6. The van der Waals surface area contributed by atoms with Crippen LogP contribution in [0, 0.1) is 0 Å². The molecule has 5 nitrogen and oxygen atoms in total. The summed E-state index contributed by atoms with van der Waals surface area (Å²) in [5, 5.41) is 0. The minimum Gasteiger partial charge on any atom is -0.462 e. The molecule has 0 spiro atoms. The number of carbonyl (C=O) groups is 2. The molecule has 1 atom stereocenters. The Labute approximate surface area is 397 Å². The Kier molecular flexibility index (Phi) is 51.9. The highest BCUT2D eigenvalue weighted by Gasteiger charge is 2.17. The third kappa shape index (κ3) is 51.7. The molecule has 0 aromatic carbocycles. The molecule has 0 rings (SSSR count). The standard InChI is InChI=1S/C59H102O5/c1-4-7-10-13-16-19-22-24-26-28-29-30-32-34-36-39-42-45-48-51-54-62-55-57(64-59(61)53-50-47-44-41-37-21-18-15-12-9-6-3)56-63-58(60)52-49-46-43-40-38-35-33-31-27-25-23-20-17-14-11-8-5-2/h7,10,15-20,24-27,29-30,57H,4-6,8-9,11-14,21-23,28,31-56H2,1-3H3/b10-7-,18-15-,19-16-,20-17-,26-24-,27-25-,30-29-. The van der Waals surface area contributed by atoms with E-state index in [-0.39, 0.29) is 25.2 Å². The van der Waals surface area contributed by atoms with Crippen LogP contribution in [0.4, 0.5) is 0 Å². The van der Waals surface area contributed by atoms with Crippen LogP contribution in [-0.2, 0) is 23.8 Å². The summed E-state index contributed by atoms with van der Waals surface area (Å²) in [6, 6.07) is 0. The lowest BCUT2D eigenvalue weighted by Crippen LogP contribution is -2.30. The number of esters is 2. The van der Waals surface area contributed by atoms with Gasteiger partial charge in [-0.2, -0.15) is 0 Å². The Hall–Kier alpha value is -2.92. The van der Waals surface area contributed by atoms with Crippen molar-refractivity contribution >= 4 is 11.9 Å². The molecule has 64 heavy (non-hydrogen) atoms. The summed E-state index contributed by atoms with van der Waals surface area (Å²) in [5.41, 5.74) is 0. The maximum atomic E-state index is 12.8. The van der Waals surface area contributed by atoms with E-state index in [0.717, 1.165) is 89.9 Å². The van der Waals surface area contributed by atoms with Gasteiger partial charge in [0.2, 0.25) is 0 Å². The minimum absolute atomic E-state index is 0.0704. The van der Waals surface area contributed by atoms with Gasteiger partial charge in [0.1, 0.15) is 6.61 Å². The van der Waals surface area contributed by atoms with Gasteiger partial charge < -0.3 is 14.2 Å². The third-order valence-electron chi connectivity index (χ3n) is 11.4. The Morgan fingerprint density at radius 2 is 0.719 bits per heavy atom. The van der Waals surface area contributed by atoms with E-state index in [0.29, 0.717) is 19.4 Å². The molecule has 0 aromatic rings. The van der Waals surface area contributed by atoms with Crippen molar-refractivity contribution in [3.05, 3.63) is 85.1 Å². The molecule has 0 aliphatic carbocycles. The summed E-state index contributed by atoms with van der Waals surface area (Å²) in [5.74, 6) is -0.422. The summed E-state index contributed by atoms with van der Waals surface area (Å²) in [6.07, 6.45) is 71.7. The lowest BCUT2D eigenvalue weighted by molar-refractivity contribution is -0.163. The molecule has 0 fully saturated rings. The van der Waals surface area contributed by atoms with E-state index in [4.69, 9.17) is 14.2 Å². The molecule has 0 heterocycles. The van der Waals surface area contributed by atoms with Crippen LogP contribution in [0.5, 0.6) is 0 Å². The van der Waals surface area contributed by atoms with Crippen LogP contribution in [0.15, 0.2) is 85.1 Å². The van der Waals surface area contributed by atoms with Gasteiger partial charge in [-0.1, -0.05) is 215 Å². The van der Waals surface area contributed by atoms with Gasteiger partial charge in [-0.05, 0) is 109 Å². The molecule has 0 bridgehead atoms. The van der Waals surface area contributed by atoms with E-state index >= 15 is 0 Å². The quantitative estimate of drug-likeness (QED) is 0.0346. The molecule has 0 aromatic heterocycles. The molecule has 1 unspecified atom stereocenters. The predicted molar refractivity (Wildman–Crippen MR) is 279 cm³/mol. The number of carbonyl (C=O) groups excluding carboxylic acids is 2. The van der Waals surface area contributed by atoms with Crippen LogP contribution >= 0.6 is 0 Å². The van der Waals surface area contributed by atoms with Crippen molar-refractivity contribution in [1.82, 2.24) is 0 Å². The number of hydrogen-bond acceptors (Lipinski definition) is 5. The summed E-state index contributed by atoms with van der Waals surface area (Å²) in [4.78, 5) is 25.4. The van der Waals surface area contributed by atoms with Crippen LogP contribution < -0.4 is 0 Å². The van der Waals surface area contributed by atoms with Crippen molar-refractivity contribution in [3.63, 3.8) is 0 Å². The maximum Gasteiger partial charge on any atom is 0.306 e. The fourth-order valence-electron chi connectivity index (χ4n) is 7.34. The van der Waals surface area contributed by atoms with Gasteiger partial charge in [0.05, 0.1) is 6.61 Å². The average molecular weight is 891 g/mol. The first-order valence-corrected chi connectivity index (χ1v) is 27.1. The van der Waals surface area contributed by atoms with Crippen LogP contribution in [0.3, 0.4) is 0 Å². The zero-order valence-corrected chi connectivity index (χ0v) is 42.3. The van der Waals surface area contributed by atoms with Crippen molar-refractivity contribution < 1.29 is 23.8 Å². The lowest BCUT2D eigenvalue weighted by Gasteiger charge is -2.18. The molecule has 0 N–H and O–H groups in total. The SMILES string of the molecule is CC/C=C\C/C=C\C/C=C\C/C=C\CCCCCCCCCOCC(COC(=O)CCCCCCCCC/C=C\C/C=C\CCCCC)OC(=O)CCCCCCC/C=C\CCCC. The Bertz CT molecular complexity index is 1190. The minimum atomic E-state index is -0.553. The normalized spacial score (nSPS) is 12.9. The van der Waals surface area contributed by atoms with Gasteiger partial charge >= 0.3 is 11.9 Å². The monoisotopic (exact) mass is 891 g/mol. The van der Waals surface area contributed by atoms with Crippen molar-refractivity contribution in [2.24, 2.45) is 0 Å². The smallest absolute Gasteiger partial charge is 0.306 e. The Morgan fingerprint density at radius 3 is 1.19 bits per heavy atom. The van der Waals surface area contributed by atoms with Crippen molar-refractivity contribution in [1.29, 1.82) is 0 Å². The zero-order chi connectivity index (χ0) is 46.3. The second kappa shape index (κ2) is 54.4. The van der Waals surface area contributed by atoms with E-state index in [9.17, 15) is 9.59 Å². The number of ether oxygens (including phenoxy) is 3. The molecule has 0 amide bonds. The number of rotatable bonds is 49. The largest absolute Gasteiger partial charge is 0.462 e. The molecule has 0 saturated heterocycles. The highest BCUT2D eigenvalue weighted by Crippen LogP contribution is 2.14. The van der Waals surface area contributed by atoms with Crippen LogP contribution in [0.1, 0.15) is 252 Å². The van der Waals surface area contributed by atoms with Gasteiger partial charge in [-0.3, -0.25) is 9.59 Å². The predicted octanol–water partition coefficient (Wildman–Crippen LogP) is 18.5. The Balaban J connectivity index is 4.26. The summed E-state index contributed by atoms with van der Waals surface area (Å²) in [7, 11) is 0. The molecule has 0 aliphatic rings. The second-order valence-corrected chi connectivity index (χ2v) is 17.7.